The van der Waals surface area contributed by atoms with Crippen LogP contribution in [0.3, 0.4) is 0 Å². The third kappa shape index (κ3) is 2.60. The van der Waals surface area contributed by atoms with E-state index >= 15 is 0 Å². The second kappa shape index (κ2) is 5.32. The van der Waals surface area contributed by atoms with Gasteiger partial charge in [-0.05, 0) is 0 Å². The van der Waals surface area contributed by atoms with Gasteiger partial charge in [-0.25, -0.2) is 4.79 Å². The fourth-order valence-electron chi connectivity index (χ4n) is 1.91. The van der Waals surface area contributed by atoms with Crippen molar-refractivity contribution in [2.24, 2.45) is 14.1 Å². The number of quaternary nitrogens is 1. The Labute approximate surface area is 105 Å². The number of nitrogens with one attached hydrogen (secondary N) is 1. The summed E-state index contributed by atoms with van der Waals surface area (Å²) in [6.07, 6.45) is 3.81. The highest BCUT2D eigenvalue weighted by atomic mass is 16.5. The number of aromatic nitrogens is 2. The number of morpholine rings is 1. The Kier molecular flexibility index (Phi) is 3.78. The van der Waals surface area contributed by atoms with Crippen molar-refractivity contribution in [1.82, 2.24) is 9.13 Å². The molecule has 1 aromatic rings. The third-order valence-electron chi connectivity index (χ3n) is 3.19. The highest BCUT2D eigenvalue weighted by Crippen LogP contribution is 1.92. The zero-order valence-corrected chi connectivity index (χ0v) is 10.7. The molecule has 0 aromatic carbocycles. The lowest BCUT2D eigenvalue weighted by atomic mass is 10.3. The summed E-state index contributed by atoms with van der Waals surface area (Å²) in [7, 11) is 3.14. The van der Waals surface area contributed by atoms with Crippen molar-refractivity contribution in [1.29, 1.82) is 0 Å². The van der Waals surface area contributed by atoms with E-state index in [1.165, 1.54) is 22.6 Å². The van der Waals surface area contributed by atoms with Crippen LogP contribution in [0.2, 0.25) is 0 Å². The second-order valence-corrected chi connectivity index (χ2v) is 4.41. The summed E-state index contributed by atoms with van der Waals surface area (Å²) >= 11 is 0. The van der Waals surface area contributed by atoms with Crippen LogP contribution in [0.25, 0.3) is 6.08 Å². The molecule has 1 aliphatic rings. The van der Waals surface area contributed by atoms with Gasteiger partial charge >= 0.3 is 5.69 Å². The maximum Gasteiger partial charge on any atom is 0.330 e. The fraction of sp³-hybridized carbons (Fsp3) is 0.500. The molecule has 1 aromatic heterocycles. The van der Waals surface area contributed by atoms with Gasteiger partial charge in [0, 0.05) is 26.2 Å². The van der Waals surface area contributed by atoms with Gasteiger partial charge in [-0.3, -0.25) is 13.9 Å². The molecule has 1 aliphatic heterocycles. The van der Waals surface area contributed by atoms with Gasteiger partial charge in [-0.2, -0.15) is 0 Å². The number of nitrogens with zero attached hydrogens (tertiary/aromatic N) is 2. The molecule has 0 atom stereocenters. The maximum atomic E-state index is 11.7. The third-order valence-corrected chi connectivity index (χ3v) is 3.19. The number of ether oxygens (including phenoxy) is 1. The average molecular weight is 252 g/mol. The summed E-state index contributed by atoms with van der Waals surface area (Å²) in [5.74, 6) is 0. The molecule has 2 heterocycles. The first-order chi connectivity index (χ1) is 8.59. The van der Waals surface area contributed by atoms with Crippen molar-refractivity contribution < 1.29 is 9.64 Å². The summed E-state index contributed by atoms with van der Waals surface area (Å²) in [6.45, 7) is 3.31. The molecular formula is C12H18N3O3+. The van der Waals surface area contributed by atoms with Crippen molar-refractivity contribution in [2.75, 3.05) is 26.3 Å². The Bertz CT molecular complexity index is 565. The van der Waals surface area contributed by atoms with E-state index in [2.05, 4.69) is 0 Å². The lowest BCUT2D eigenvalue weighted by Crippen LogP contribution is -3.09. The molecule has 6 heteroatoms. The quantitative estimate of drug-likeness (QED) is 0.660. The first-order valence-corrected chi connectivity index (χ1v) is 5.97. The molecule has 2 rings (SSSR count). The molecule has 0 radical (unpaired) electrons. The minimum atomic E-state index is -0.306. The summed E-state index contributed by atoms with van der Waals surface area (Å²) < 4.78 is 7.83. The molecule has 0 amide bonds. The maximum absolute atomic E-state index is 11.7. The van der Waals surface area contributed by atoms with Gasteiger partial charge in [-0.1, -0.05) is 0 Å². The van der Waals surface area contributed by atoms with E-state index in [-0.39, 0.29) is 11.2 Å². The first-order valence-electron chi connectivity index (χ1n) is 5.97. The monoisotopic (exact) mass is 252 g/mol. The van der Waals surface area contributed by atoms with Crippen LogP contribution in [0.5, 0.6) is 0 Å². The number of hydrogen-bond donors (Lipinski definition) is 1. The van der Waals surface area contributed by atoms with Gasteiger partial charge in [0.1, 0.15) is 13.1 Å². The van der Waals surface area contributed by atoms with E-state index in [0.29, 0.717) is 5.69 Å². The summed E-state index contributed by atoms with van der Waals surface area (Å²) in [5.41, 5.74) is 0.0379. The van der Waals surface area contributed by atoms with Crippen molar-refractivity contribution in [3.63, 3.8) is 0 Å². The van der Waals surface area contributed by atoms with Gasteiger partial charge < -0.3 is 9.64 Å². The van der Waals surface area contributed by atoms with E-state index in [9.17, 15) is 9.59 Å². The van der Waals surface area contributed by atoms with Crippen molar-refractivity contribution >= 4 is 6.08 Å². The van der Waals surface area contributed by atoms with E-state index in [1.54, 1.807) is 7.05 Å². The summed E-state index contributed by atoms with van der Waals surface area (Å²) in [5, 5.41) is 0. The van der Waals surface area contributed by atoms with Gasteiger partial charge in [0.05, 0.1) is 25.1 Å². The molecule has 0 spiro atoms. The van der Waals surface area contributed by atoms with Crippen molar-refractivity contribution in [3.8, 4) is 0 Å². The van der Waals surface area contributed by atoms with Crippen LogP contribution >= 0.6 is 0 Å². The average Bonchev–Trinajstić information content (AvgIpc) is 2.40. The van der Waals surface area contributed by atoms with Crippen LogP contribution in [0.1, 0.15) is 5.69 Å². The van der Waals surface area contributed by atoms with Crippen LogP contribution in [0, 0.1) is 0 Å². The Morgan fingerprint density at radius 1 is 1.22 bits per heavy atom. The first kappa shape index (κ1) is 12.8. The molecule has 1 N–H and O–H groups in total. The smallest absolute Gasteiger partial charge is 0.330 e. The largest absolute Gasteiger partial charge is 0.370 e. The van der Waals surface area contributed by atoms with Crippen LogP contribution in [-0.4, -0.2) is 35.4 Å². The molecule has 0 bridgehead atoms. The predicted molar refractivity (Wildman–Crippen MR) is 67.5 cm³/mol. The number of rotatable bonds is 2. The van der Waals surface area contributed by atoms with E-state index < -0.39 is 0 Å². The van der Waals surface area contributed by atoms with E-state index in [4.69, 9.17) is 4.74 Å². The molecule has 0 saturated carbocycles. The van der Waals surface area contributed by atoms with Gasteiger partial charge in [-0.15, -0.1) is 0 Å². The molecule has 1 saturated heterocycles. The topological polar surface area (TPSA) is 57.7 Å². The molecule has 1 fully saturated rings. The van der Waals surface area contributed by atoms with Gasteiger partial charge in [0.15, 0.2) is 0 Å². The minimum absolute atomic E-state index is 0.283. The van der Waals surface area contributed by atoms with Crippen LogP contribution in [-0.2, 0) is 18.8 Å². The molecule has 6 nitrogen and oxygen atoms in total. The Morgan fingerprint density at radius 3 is 2.56 bits per heavy atom. The SMILES string of the molecule is Cn1c(/C=C/[NH+]2CCOCC2)cc(=O)n(C)c1=O. The molecule has 18 heavy (non-hydrogen) atoms. The van der Waals surface area contributed by atoms with Crippen LogP contribution in [0.15, 0.2) is 21.9 Å². The van der Waals surface area contributed by atoms with E-state index in [0.717, 1.165) is 30.9 Å². The Hall–Kier alpha value is -1.66. The highest BCUT2D eigenvalue weighted by molar-refractivity contribution is 5.42. The highest BCUT2D eigenvalue weighted by Gasteiger charge is 2.11. The predicted octanol–water partition coefficient (Wildman–Crippen LogP) is -2.03. The molecule has 0 aliphatic carbocycles. The summed E-state index contributed by atoms with van der Waals surface area (Å²) in [4.78, 5) is 24.6. The van der Waals surface area contributed by atoms with Gasteiger partial charge in [0.2, 0.25) is 0 Å². The lowest BCUT2D eigenvalue weighted by molar-refractivity contribution is -0.855. The Morgan fingerprint density at radius 2 is 1.89 bits per heavy atom. The summed E-state index contributed by atoms with van der Waals surface area (Å²) in [6, 6.07) is 1.47. The van der Waals surface area contributed by atoms with Crippen LogP contribution < -0.4 is 16.1 Å². The second-order valence-electron chi connectivity index (χ2n) is 4.41. The van der Waals surface area contributed by atoms with E-state index in [1.807, 2.05) is 12.3 Å². The fourth-order valence-corrected chi connectivity index (χ4v) is 1.91. The lowest BCUT2D eigenvalue weighted by Gasteiger charge is -2.19. The molecule has 0 unspecified atom stereocenters. The van der Waals surface area contributed by atoms with Crippen LogP contribution in [0.4, 0.5) is 0 Å². The Balaban J connectivity index is 2.26. The zero-order chi connectivity index (χ0) is 13.1. The van der Waals surface area contributed by atoms with Crippen molar-refractivity contribution in [2.45, 2.75) is 0 Å². The standard InChI is InChI=1S/C12H17N3O3/c1-13-10(9-11(16)14(2)12(13)17)3-4-15-5-7-18-8-6-15/h3-4,9H,5-8H2,1-2H3/p+1/b4-3+. The number of hydrogen-bond acceptors (Lipinski definition) is 3. The van der Waals surface area contributed by atoms with Crippen molar-refractivity contribution in [3.05, 3.63) is 38.8 Å². The van der Waals surface area contributed by atoms with Gasteiger partial charge in [0.25, 0.3) is 5.56 Å². The molecule has 98 valence electrons. The minimum Gasteiger partial charge on any atom is -0.370 e. The zero-order valence-electron chi connectivity index (χ0n) is 10.7. The molecular weight excluding hydrogens is 234 g/mol. The normalized spacial score (nSPS) is 17.4.